The molecule has 7 heteroatoms. The fraction of sp³-hybridized carbons (Fsp3) is 0.538. The average molecular weight is 302 g/mol. The second-order valence-corrected chi connectivity index (χ2v) is 7.00. The van der Waals surface area contributed by atoms with Gasteiger partial charge in [0.1, 0.15) is 5.75 Å². The molecule has 2 N–H and O–H groups in total. The average Bonchev–Trinajstić information content (AvgIpc) is 2.35. The first-order chi connectivity index (χ1) is 9.16. The van der Waals surface area contributed by atoms with Crippen molar-refractivity contribution in [2.75, 3.05) is 34.3 Å². The fourth-order valence-corrected chi connectivity index (χ4v) is 2.99. The van der Waals surface area contributed by atoms with Gasteiger partial charge in [-0.15, -0.1) is 0 Å². The molecule has 0 saturated carbocycles. The van der Waals surface area contributed by atoms with E-state index in [4.69, 9.17) is 4.74 Å². The van der Waals surface area contributed by atoms with Gasteiger partial charge in [-0.2, -0.15) is 0 Å². The normalized spacial score (nSPS) is 15.1. The number of benzene rings is 1. The van der Waals surface area contributed by atoms with E-state index < -0.39 is 15.6 Å². The van der Waals surface area contributed by atoms with Crippen LogP contribution in [0.4, 0.5) is 0 Å². The third-order valence-corrected chi connectivity index (χ3v) is 4.09. The van der Waals surface area contributed by atoms with Gasteiger partial charge in [0, 0.05) is 13.1 Å². The van der Waals surface area contributed by atoms with Crippen LogP contribution in [-0.2, 0) is 10.0 Å². The molecule has 1 aromatic rings. The summed E-state index contributed by atoms with van der Waals surface area (Å²) in [5.41, 5.74) is -1.14. The predicted octanol–water partition coefficient (Wildman–Crippen LogP) is 0.286. The summed E-state index contributed by atoms with van der Waals surface area (Å²) >= 11 is 0. The zero-order valence-corrected chi connectivity index (χ0v) is 13.1. The highest BCUT2D eigenvalue weighted by Gasteiger charge is 2.24. The van der Waals surface area contributed by atoms with Crippen LogP contribution in [0.1, 0.15) is 6.92 Å². The van der Waals surface area contributed by atoms with E-state index in [9.17, 15) is 13.5 Å². The van der Waals surface area contributed by atoms with Crippen LogP contribution in [0.3, 0.4) is 0 Å². The molecule has 6 nitrogen and oxygen atoms in total. The molecule has 0 aliphatic carbocycles. The first-order valence-electron chi connectivity index (χ1n) is 6.17. The lowest BCUT2D eigenvalue weighted by atomic mass is 10.1. The number of ether oxygens (including phenoxy) is 1. The van der Waals surface area contributed by atoms with Crippen LogP contribution in [0, 0.1) is 0 Å². The minimum atomic E-state index is -3.64. The zero-order chi connectivity index (χ0) is 15.4. The number of aliphatic hydroxyl groups is 1. The van der Waals surface area contributed by atoms with Crippen LogP contribution in [-0.4, -0.2) is 58.3 Å². The lowest BCUT2D eigenvalue weighted by Gasteiger charge is -2.27. The summed E-state index contributed by atoms with van der Waals surface area (Å²) in [6.07, 6.45) is 0. The van der Waals surface area contributed by atoms with Gasteiger partial charge in [0.05, 0.1) is 17.6 Å². The van der Waals surface area contributed by atoms with Gasteiger partial charge >= 0.3 is 0 Å². The summed E-state index contributed by atoms with van der Waals surface area (Å²) in [5, 5.41) is 10.1. The van der Waals surface area contributed by atoms with Crippen molar-refractivity contribution in [3.8, 4) is 5.75 Å². The SMILES string of the molecule is COc1ccc(S(=O)(=O)NCC(C)(O)CN(C)C)cc1. The van der Waals surface area contributed by atoms with Crippen molar-refractivity contribution >= 4 is 10.0 Å². The van der Waals surface area contributed by atoms with E-state index in [-0.39, 0.29) is 11.4 Å². The number of methoxy groups -OCH3 is 1. The Balaban J connectivity index is 2.74. The smallest absolute Gasteiger partial charge is 0.240 e. The van der Waals surface area contributed by atoms with Crippen LogP contribution >= 0.6 is 0 Å². The van der Waals surface area contributed by atoms with Gasteiger partial charge in [-0.25, -0.2) is 13.1 Å². The Hall–Kier alpha value is -1.15. The summed E-state index contributed by atoms with van der Waals surface area (Å²) in [6, 6.07) is 6.07. The third-order valence-electron chi connectivity index (χ3n) is 2.67. The third kappa shape index (κ3) is 5.09. The number of nitrogens with one attached hydrogen (secondary N) is 1. The molecule has 1 rings (SSSR count). The Kier molecular flexibility index (Phi) is 5.52. The van der Waals surface area contributed by atoms with Crippen molar-refractivity contribution in [2.24, 2.45) is 0 Å². The van der Waals surface area contributed by atoms with E-state index in [0.29, 0.717) is 12.3 Å². The predicted molar refractivity (Wildman–Crippen MR) is 77.4 cm³/mol. The first-order valence-corrected chi connectivity index (χ1v) is 7.65. The molecule has 0 aromatic heterocycles. The highest BCUT2D eigenvalue weighted by molar-refractivity contribution is 7.89. The van der Waals surface area contributed by atoms with E-state index in [1.807, 2.05) is 14.1 Å². The number of rotatable bonds is 7. The van der Waals surface area contributed by atoms with Gasteiger partial charge in [0.15, 0.2) is 0 Å². The van der Waals surface area contributed by atoms with Crippen molar-refractivity contribution in [1.82, 2.24) is 9.62 Å². The standard InChI is InChI=1S/C13H22N2O4S/c1-13(16,10-15(2)3)9-14-20(17,18)12-7-5-11(19-4)6-8-12/h5-8,14,16H,9-10H2,1-4H3. The topological polar surface area (TPSA) is 78.9 Å². The summed E-state index contributed by atoms with van der Waals surface area (Å²) in [4.78, 5) is 1.93. The van der Waals surface area contributed by atoms with Crippen molar-refractivity contribution in [1.29, 1.82) is 0 Å². The Bertz CT molecular complexity index is 524. The fourth-order valence-electron chi connectivity index (χ4n) is 1.83. The maximum atomic E-state index is 12.1. The maximum absolute atomic E-state index is 12.1. The largest absolute Gasteiger partial charge is 0.497 e. The molecule has 0 heterocycles. The van der Waals surface area contributed by atoms with Crippen molar-refractivity contribution in [3.63, 3.8) is 0 Å². The molecule has 1 unspecified atom stereocenters. The minimum Gasteiger partial charge on any atom is -0.497 e. The van der Waals surface area contributed by atoms with Crippen molar-refractivity contribution in [3.05, 3.63) is 24.3 Å². The summed E-state index contributed by atoms with van der Waals surface area (Å²) < 4.78 is 31.6. The number of sulfonamides is 1. The van der Waals surface area contributed by atoms with E-state index in [0.717, 1.165) is 0 Å². The molecule has 114 valence electrons. The van der Waals surface area contributed by atoms with E-state index >= 15 is 0 Å². The number of nitrogens with zero attached hydrogens (tertiary/aromatic N) is 1. The van der Waals surface area contributed by atoms with Crippen LogP contribution in [0.5, 0.6) is 5.75 Å². The molecule has 0 aliphatic heterocycles. The molecule has 20 heavy (non-hydrogen) atoms. The Morgan fingerprint density at radius 2 is 1.85 bits per heavy atom. The van der Waals surface area contributed by atoms with Crippen molar-refractivity contribution < 1.29 is 18.3 Å². The second-order valence-electron chi connectivity index (χ2n) is 5.23. The number of likely N-dealkylation sites (N-methyl/N-ethyl adjacent to an activating group) is 1. The van der Waals surface area contributed by atoms with E-state index in [2.05, 4.69) is 4.72 Å². The molecule has 0 radical (unpaired) electrons. The molecule has 0 fully saturated rings. The van der Waals surface area contributed by atoms with Crippen LogP contribution in [0.15, 0.2) is 29.2 Å². The monoisotopic (exact) mass is 302 g/mol. The van der Waals surface area contributed by atoms with Crippen molar-refractivity contribution in [2.45, 2.75) is 17.4 Å². The molecule has 1 aromatic carbocycles. The van der Waals surface area contributed by atoms with E-state index in [1.165, 1.54) is 19.2 Å². The number of hydrogen-bond donors (Lipinski definition) is 2. The first kappa shape index (κ1) is 16.9. The second kappa shape index (κ2) is 6.53. The van der Waals surface area contributed by atoms with Crippen LogP contribution < -0.4 is 9.46 Å². The lowest BCUT2D eigenvalue weighted by Crippen LogP contribution is -2.47. The maximum Gasteiger partial charge on any atom is 0.240 e. The van der Waals surface area contributed by atoms with Gasteiger partial charge < -0.3 is 14.7 Å². The summed E-state index contributed by atoms with van der Waals surface area (Å²) in [6.45, 7) is 1.89. The molecule has 0 spiro atoms. The number of hydrogen-bond acceptors (Lipinski definition) is 5. The van der Waals surface area contributed by atoms with E-state index in [1.54, 1.807) is 24.0 Å². The molecule has 1 atom stereocenters. The molecule has 0 amide bonds. The van der Waals surface area contributed by atoms with Gasteiger partial charge in [-0.3, -0.25) is 0 Å². The molecular weight excluding hydrogens is 280 g/mol. The summed E-state index contributed by atoms with van der Waals surface area (Å²) in [5.74, 6) is 0.587. The van der Waals surface area contributed by atoms with Gasteiger partial charge in [0.25, 0.3) is 0 Å². The minimum absolute atomic E-state index is 0.0560. The van der Waals surface area contributed by atoms with Crippen LogP contribution in [0.2, 0.25) is 0 Å². The molecular formula is C13H22N2O4S. The van der Waals surface area contributed by atoms with Crippen LogP contribution in [0.25, 0.3) is 0 Å². The highest BCUT2D eigenvalue weighted by Crippen LogP contribution is 2.15. The Morgan fingerprint density at radius 1 is 1.30 bits per heavy atom. The summed E-state index contributed by atoms with van der Waals surface area (Å²) in [7, 11) is 1.50. The lowest BCUT2D eigenvalue weighted by molar-refractivity contribution is 0.0386. The van der Waals surface area contributed by atoms with Gasteiger partial charge in [-0.1, -0.05) is 0 Å². The highest BCUT2D eigenvalue weighted by atomic mass is 32.2. The quantitative estimate of drug-likeness (QED) is 0.757. The molecule has 0 saturated heterocycles. The molecule has 0 bridgehead atoms. The van der Waals surface area contributed by atoms with Gasteiger partial charge in [-0.05, 0) is 45.3 Å². The molecule has 0 aliphatic rings. The Morgan fingerprint density at radius 3 is 2.30 bits per heavy atom. The zero-order valence-electron chi connectivity index (χ0n) is 12.3. The van der Waals surface area contributed by atoms with Gasteiger partial charge in [0.2, 0.25) is 10.0 Å². The Labute approximate surface area is 120 Å².